The van der Waals surface area contributed by atoms with Crippen LogP contribution >= 0.6 is 0 Å². The van der Waals surface area contributed by atoms with Gasteiger partial charge in [-0.2, -0.15) is 0 Å². The zero-order chi connectivity index (χ0) is 20.1. The molecule has 0 saturated carbocycles. The molecule has 2 aromatic carbocycles. The van der Waals surface area contributed by atoms with Crippen molar-refractivity contribution in [3.05, 3.63) is 82.2 Å². The van der Waals surface area contributed by atoms with Crippen molar-refractivity contribution >= 4 is 0 Å². The molecule has 29 heavy (non-hydrogen) atoms. The molecule has 2 aliphatic rings. The summed E-state index contributed by atoms with van der Waals surface area (Å²) in [4.78, 5) is 3.04. The summed E-state index contributed by atoms with van der Waals surface area (Å²) in [5.74, 6) is 0. The van der Waals surface area contributed by atoms with Gasteiger partial charge in [0, 0.05) is 17.6 Å². The molecule has 2 saturated heterocycles. The second-order valence-electron chi connectivity index (χ2n) is 6.91. The van der Waals surface area contributed by atoms with Crippen LogP contribution in [0.1, 0.15) is 17.4 Å². The van der Waals surface area contributed by atoms with Crippen molar-refractivity contribution in [2.45, 2.75) is 43.5 Å². The van der Waals surface area contributed by atoms with Gasteiger partial charge in [-0.15, -0.1) is 0 Å². The lowest BCUT2D eigenvalue weighted by atomic mass is 9.95. The van der Waals surface area contributed by atoms with Crippen LogP contribution in [0.5, 0.6) is 0 Å². The zero-order valence-electron chi connectivity index (χ0n) is 16.0. The Kier molecular flexibility index (Phi) is 6.41. The first-order valence-corrected chi connectivity index (χ1v) is 9.50. The summed E-state index contributed by atoms with van der Waals surface area (Å²) in [5, 5.41) is 4.00. The third-order valence-electron chi connectivity index (χ3n) is 5.08. The lowest BCUT2D eigenvalue weighted by Crippen LogP contribution is -2.62. The molecular formula is C21H23N3O5. The van der Waals surface area contributed by atoms with E-state index in [0.717, 1.165) is 11.1 Å². The topological polar surface area (TPSA) is 94.9 Å². The third kappa shape index (κ3) is 4.43. The van der Waals surface area contributed by atoms with Crippen LogP contribution in [0, 0.1) is 0 Å². The van der Waals surface area contributed by atoms with Crippen LogP contribution in [-0.2, 0) is 30.3 Å². The fourth-order valence-corrected chi connectivity index (χ4v) is 3.67. The lowest BCUT2D eigenvalue weighted by molar-refractivity contribution is -0.343. The lowest BCUT2D eigenvalue weighted by Gasteiger charge is -2.47. The Hall–Kier alpha value is -2.45. The highest BCUT2D eigenvalue weighted by Crippen LogP contribution is 2.36. The molecule has 1 unspecified atom stereocenters. The summed E-state index contributed by atoms with van der Waals surface area (Å²) in [6.07, 6.45) is -2.82. The first-order chi connectivity index (χ1) is 14.3. The average Bonchev–Trinajstić information content (AvgIpc) is 2.79. The molecule has 2 aromatic rings. The summed E-state index contributed by atoms with van der Waals surface area (Å²) in [6, 6.07) is 18.8. The van der Waals surface area contributed by atoms with E-state index in [0.29, 0.717) is 13.2 Å². The smallest absolute Gasteiger partial charge is 0.184 e. The number of fused-ring (bicyclic) bond motifs is 1. The van der Waals surface area contributed by atoms with Crippen LogP contribution in [-0.4, -0.2) is 44.4 Å². The van der Waals surface area contributed by atoms with E-state index in [1.165, 1.54) is 7.11 Å². The summed E-state index contributed by atoms with van der Waals surface area (Å²) in [5.41, 5.74) is 11.1. The van der Waals surface area contributed by atoms with E-state index in [-0.39, 0.29) is 0 Å². The van der Waals surface area contributed by atoms with Gasteiger partial charge in [-0.05, 0) is 11.1 Å². The van der Waals surface area contributed by atoms with Crippen molar-refractivity contribution in [1.29, 1.82) is 0 Å². The maximum Gasteiger partial charge on any atom is 0.184 e. The molecule has 0 radical (unpaired) electrons. The van der Waals surface area contributed by atoms with Crippen LogP contribution < -0.4 is 0 Å². The van der Waals surface area contributed by atoms with Gasteiger partial charge in [-0.3, -0.25) is 0 Å². The number of methoxy groups -OCH3 is 1. The standard InChI is InChI=1S/C21H23N3O5/c1-25-21-19(26-12-14-8-4-2-5-9-14)17(23-24-22)18-16(28-21)13-27-20(29-18)15-10-6-3-7-11-15/h2-11,16-21H,12-13H2,1H3/t16-,17-,18-,19+,20?,21+/m1/s1. The third-order valence-corrected chi connectivity index (χ3v) is 5.08. The molecule has 0 amide bonds. The summed E-state index contributed by atoms with van der Waals surface area (Å²) >= 11 is 0. The SMILES string of the molecule is CO[C@H]1O[C@@H]2COC(c3ccccc3)O[C@H]2[C@@H](N=[N+]=[N-])[C@@H]1OCc1ccccc1. The molecule has 4 rings (SSSR count). The number of ether oxygens (including phenoxy) is 5. The van der Waals surface area contributed by atoms with Crippen molar-refractivity contribution in [2.24, 2.45) is 5.11 Å². The Morgan fingerprint density at radius 3 is 2.48 bits per heavy atom. The Morgan fingerprint density at radius 2 is 1.79 bits per heavy atom. The predicted molar refractivity (Wildman–Crippen MR) is 104 cm³/mol. The Morgan fingerprint density at radius 1 is 1.07 bits per heavy atom. The number of hydrogen-bond donors (Lipinski definition) is 0. The fourth-order valence-electron chi connectivity index (χ4n) is 3.67. The summed E-state index contributed by atoms with van der Waals surface area (Å²) in [6.45, 7) is 0.634. The van der Waals surface area contributed by atoms with E-state index in [2.05, 4.69) is 10.0 Å². The first kappa shape index (κ1) is 19.8. The normalized spacial score (nSPS) is 31.5. The molecule has 2 aliphatic heterocycles. The molecule has 152 valence electrons. The fraction of sp³-hybridized carbons (Fsp3) is 0.429. The molecule has 0 bridgehead atoms. The highest BCUT2D eigenvalue weighted by Gasteiger charge is 2.50. The van der Waals surface area contributed by atoms with E-state index in [1.807, 2.05) is 60.7 Å². The molecule has 8 nitrogen and oxygen atoms in total. The highest BCUT2D eigenvalue weighted by molar-refractivity contribution is 5.17. The monoisotopic (exact) mass is 397 g/mol. The largest absolute Gasteiger partial charge is 0.368 e. The van der Waals surface area contributed by atoms with Gasteiger partial charge >= 0.3 is 0 Å². The van der Waals surface area contributed by atoms with Gasteiger partial charge in [0.2, 0.25) is 0 Å². The number of rotatable bonds is 6. The van der Waals surface area contributed by atoms with Crippen LogP contribution in [0.4, 0.5) is 0 Å². The van der Waals surface area contributed by atoms with Gasteiger partial charge in [-0.1, -0.05) is 65.8 Å². The molecule has 0 N–H and O–H groups in total. The van der Waals surface area contributed by atoms with E-state index < -0.39 is 36.9 Å². The van der Waals surface area contributed by atoms with Gasteiger partial charge < -0.3 is 23.7 Å². The molecule has 2 fully saturated rings. The maximum atomic E-state index is 9.19. The Balaban J connectivity index is 1.55. The van der Waals surface area contributed by atoms with Gasteiger partial charge in [0.15, 0.2) is 12.6 Å². The van der Waals surface area contributed by atoms with Gasteiger partial charge in [0.05, 0.1) is 19.3 Å². The van der Waals surface area contributed by atoms with Crippen LogP contribution in [0.15, 0.2) is 65.8 Å². The van der Waals surface area contributed by atoms with Crippen molar-refractivity contribution in [1.82, 2.24) is 0 Å². The van der Waals surface area contributed by atoms with Crippen LogP contribution in [0.2, 0.25) is 0 Å². The molecule has 2 heterocycles. The van der Waals surface area contributed by atoms with E-state index in [4.69, 9.17) is 23.7 Å². The highest BCUT2D eigenvalue weighted by atomic mass is 16.8. The van der Waals surface area contributed by atoms with Gasteiger partial charge in [-0.25, -0.2) is 0 Å². The van der Waals surface area contributed by atoms with Gasteiger partial charge in [0.25, 0.3) is 0 Å². The minimum atomic E-state index is -0.698. The average molecular weight is 397 g/mol. The molecule has 6 atom stereocenters. The molecular weight excluding hydrogens is 374 g/mol. The van der Waals surface area contributed by atoms with Crippen molar-refractivity contribution in [2.75, 3.05) is 13.7 Å². The van der Waals surface area contributed by atoms with E-state index in [1.54, 1.807) is 0 Å². The predicted octanol–water partition coefficient (Wildman–Crippen LogP) is 3.74. The first-order valence-electron chi connectivity index (χ1n) is 9.50. The minimum Gasteiger partial charge on any atom is -0.368 e. The zero-order valence-corrected chi connectivity index (χ0v) is 16.0. The quantitative estimate of drug-likeness (QED) is 0.420. The van der Waals surface area contributed by atoms with Crippen molar-refractivity contribution in [3.8, 4) is 0 Å². The summed E-state index contributed by atoms with van der Waals surface area (Å²) < 4.78 is 29.6. The van der Waals surface area contributed by atoms with E-state index >= 15 is 0 Å². The second kappa shape index (κ2) is 9.37. The van der Waals surface area contributed by atoms with Crippen molar-refractivity contribution in [3.63, 3.8) is 0 Å². The van der Waals surface area contributed by atoms with Crippen LogP contribution in [0.25, 0.3) is 10.4 Å². The second-order valence-corrected chi connectivity index (χ2v) is 6.91. The van der Waals surface area contributed by atoms with Crippen LogP contribution in [0.3, 0.4) is 0 Å². The van der Waals surface area contributed by atoms with Gasteiger partial charge in [0.1, 0.15) is 18.3 Å². The number of benzene rings is 2. The molecule has 8 heteroatoms. The number of nitrogens with zero attached hydrogens (tertiary/aromatic N) is 3. The Labute approximate surface area is 168 Å². The number of hydrogen-bond acceptors (Lipinski definition) is 6. The van der Waals surface area contributed by atoms with Crippen molar-refractivity contribution < 1.29 is 23.7 Å². The number of azide groups is 1. The molecule has 0 aromatic heterocycles. The minimum absolute atomic E-state index is 0.299. The Bertz CT molecular complexity index is 825. The van der Waals surface area contributed by atoms with E-state index in [9.17, 15) is 5.53 Å². The summed E-state index contributed by atoms with van der Waals surface area (Å²) in [7, 11) is 1.54. The molecule has 0 aliphatic carbocycles. The maximum absolute atomic E-state index is 9.19. The molecule has 0 spiro atoms.